The Balaban J connectivity index is 1.76. The van der Waals surface area contributed by atoms with E-state index >= 15 is 0 Å². The van der Waals surface area contributed by atoms with E-state index in [9.17, 15) is 4.79 Å². The summed E-state index contributed by atoms with van der Waals surface area (Å²) in [7, 11) is 0. The van der Waals surface area contributed by atoms with E-state index in [-0.39, 0.29) is 5.56 Å². The number of furan rings is 1. The minimum atomic E-state index is -0.0423. The van der Waals surface area contributed by atoms with E-state index in [1.54, 1.807) is 22.6 Å². The first-order valence-corrected chi connectivity index (χ1v) is 9.40. The van der Waals surface area contributed by atoms with Crippen LogP contribution in [0.1, 0.15) is 16.9 Å². The second-order valence-corrected chi connectivity index (χ2v) is 7.04. The third kappa shape index (κ3) is 3.30. The molecule has 0 atom stereocenters. The molecule has 5 heteroatoms. The molecule has 2 aromatic carbocycles. The summed E-state index contributed by atoms with van der Waals surface area (Å²) in [6.45, 7) is 2.47. The zero-order chi connectivity index (χ0) is 17.9. The molecule has 0 saturated carbocycles. The van der Waals surface area contributed by atoms with Crippen LogP contribution in [0.15, 0.2) is 81.3 Å². The maximum absolute atomic E-state index is 13.0. The van der Waals surface area contributed by atoms with E-state index in [1.165, 1.54) is 11.1 Å². The highest BCUT2D eigenvalue weighted by molar-refractivity contribution is 7.98. The van der Waals surface area contributed by atoms with Gasteiger partial charge in [0.1, 0.15) is 5.76 Å². The summed E-state index contributed by atoms with van der Waals surface area (Å²) in [6.07, 6.45) is 1.62. The smallest absolute Gasteiger partial charge is 0.262 e. The first-order valence-electron chi connectivity index (χ1n) is 8.41. The van der Waals surface area contributed by atoms with Crippen molar-refractivity contribution in [3.63, 3.8) is 0 Å². The third-order valence-electron chi connectivity index (χ3n) is 4.34. The topological polar surface area (TPSA) is 48.0 Å². The molecule has 0 radical (unpaired) electrons. The monoisotopic (exact) mass is 362 g/mol. The zero-order valence-corrected chi connectivity index (χ0v) is 15.2. The number of hydrogen-bond donors (Lipinski definition) is 0. The Morgan fingerprint density at radius 1 is 1.04 bits per heavy atom. The fraction of sp³-hybridized carbons (Fsp3) is 0.143. The molecular formula is C21H18N2O2S. The number of para-hydroxylation sites is 1. The first-order chi connectivity index (χ1) is 12.7. The molecular weight excluding hydrogens is 344 g/mol. The van der Waals surface area contributed by atoms with E-state index in [0.29, 0.717) is 17.1 Å². The van der Waals surface area contributed by atoms with Crippen molar-refractivity contribution < 1.29 is 4.42 Å². The van der Waals surface area contributed by atoms with Crippen LogP contribution in [0.2, 0.25) is 0 Å². The summed E-state index contributed by atoms with van der Waals surface area (Å²) in [6, 6.07) is 19.4. The average Bonchev–Trinajstić information content (AvgIpc) is 3.17. The molecule has 0 fully saturated rings. The summed E-state index contributed by atoms with van der Waals surface area (Å²) < 4.78 is 7.14. The number of benzene rings is 2. The summed E-state index contributed by atoms with van der Waals surface area (Å²) >= 11 is 1.58. The lowest BCUT2D eigenvalue weighted by molar-refractivity contribution is 0.476. The Morgan fingerprint density at radius 3 is 2.65 bits per heavy atom. The van der Waals surface area contributed by atoms with Crippen molar-refractivity contribution in [2.75, 3.05) is 0 Å². The summed E-state index contributed by atoms with van der Waals surface area (Å²) in [4.78, 5) is 17.8. The lowest BCUT2D eigenvalue weighted by Gasteiger charge is -2.12. The first kappa shape index (κ1) is 16.7. The van der Waals surface area contributed by atoms with Crippen molar-refractivity contribution in [1.82, 2.24) is 9.55 Å². The highest BCUT2D eigenvalue weighted by Crippen LogP contribution is 2.24. The molecule has 0 amide bonds. The van der Waals surface area contributed by atoms with Gasteiger partial charge >= 0.3 is 0 Å². The molecule has 2 heterocycles. The Labute approximate surface area is 155 Å². The highest BCUT2D eigenvalue weighted by atomic mass is 32.2. The largest absolute Gasteiger partial charge is 0.467 e. The Morgan fingerprint density at radius 2 is 1.85 bits per heavy atom. The van der Waals surface area contributed by atoms with E-state index in [2.05, 4.69) is 19.1 Å². The van der Waals surface area contributed by atoms with Gasteiger partial charge in [-0.3, -0.25) is 9.36 Å². The van der Waals surface area contributed by atoms with Crippen LogP contribution >= 0.6 is 11.8 Å². The maximum Gasteiger partial charge on any atom is 0.262 e. The van der Waals surface area contributed by atoms with E-state index in [0.717, 1.165) is 17.0 Å². The summed E-state index contributed by atoms with van der Waals surface area (Å²) in [5.74, 6) is 1.50. The quantitative estimate of drug-likeness (QED) is 0.383. The Hall–Kier alpha value is -2.79. The second-order valence-electron chi connectivity index (χ2n) is 6.10. The number of thioether (sulfide) groups is 1. The zero-order valence-electron chi connectivity index (χ0n) is 14.4. The SMILES string of the molecule is Cc1ccccc1CSc1nc2ccccc2c(=O)n1Cc1ccco1. The maximum atomic E-state index is 13.0. The number of fused-ring (bicyclic) bond motifs is 1. The van der Waals surface area contributed by atoms with Crippen molar-refractivity contribution in [3.8, 4) is 0 Å². The van der Waals surface area contributed by atoms with Crippen LogP contribution < -0.4 is 5.56 Å². The number of aryl methyl sites for hydroxylation is 1. The number of aromatic nitrogens is 2. The van der Waals surface area contributed by atoms with Gasteiger partial charge in [0, 0.05) is 5.75 Å². The molecule has 0 aliphatic carbocycles. The molecule has 0 saturated heterocycles. The van der Waals surface area contributed by atoms with Crippen molar-refractivity contribution >= 4 is 22.7 Å². The summed E-state index contributed by atoms with van der Waals surface area (Å²) in [5, 5.41) is 1.33. The highest BCUT2D eigenvalue weighted by Gasteiger charge is 2.13. The molecule has 0 aliphatic heterocycles. The number of nitrogens with zero attached hydrogens (tertiary/aromatic N) is 2. The molecule has 26 heavy (non-hydrogen) atoms. The van der Waals surface area contributed by atoms with Crippen molar-refractivity contribution in [3.05, 3.63) is 94.2 Å². The van der Waals surface area contributed by atoms with Gasteiger partial charge < -0.3 is 4.42 Å². The molecule has 2 aromatic heterocycles. The molecule has 4 aromatic rings. The van der Waals surface area contributed by atoms with Gasteiger partial charge in [-0.15, -0.1) is 0 Å². The van der Waals surface area contributed by atoms with Crippen molar-refractivity contribution in [1.29, 1.82) is 0 Å². The Kier molecular flexibility index (Phi) is 4.63. The minimum absolute atomic E-state index is 0.0423. The van der Waals surface area contributed by atoms with Crippen LogP contribution in [0.25, 0.3) is 10.9 Å². The number of rotatable bonds is 5. The van der Waals surface area contributed by atoms with Crippen LogP contribution in [0.5, 0.6) is 0 Å². The molecule has 4 nitrogen and oxygen atoms in total. The predicted molar refractivity (Wildman–Crippen MR) is 105 cm³/mol. The van der Waals surface area contributed by atoms with E-state index in [4.69, 9.17) is 9.40 Å². The van der Waals surface area contributed by atoms with Gasteiger partial charge in [-0.1, -0.05) is 48.2 Å². The van der Waals surface area contributed by atoms with E-state index < -0.39 is 0 Å². The van der Waals surface area contributed by atoms with Gasteiger partial charge in [0.2, 0.25) is 0 Å². The van der Waals surface area contributed by atoms with Crippen molar-refractivity contribution in [2.45, 2.75) is 24.4 Å². The minimum Gasteiger partial charge on any atom is -0.467 e. The normalized spacial score (nSPS) is 11.1. The van der Waals surface area contributed by atoms with Crippen molar-refractivity contribution in [2.24, 2.45) is 0 Å². The molecule has 4 rings (SSSR count). The molecule has 0 spiro atoms. The fourth-order valence-corrected chi connectivity index (χ4v) is 3.94. The molecule has 0 unspecified atom stereocenters. The van der Waals surface area contributed by atoms with Crippen LogP contribution in [0.4, 0.5) is 0 Å². The standard InChI is InChI=1S/C21H18N2O2S/c1-15-7-2-3-8-16(15)14-26-21-22-19-11-5-4-10-18(19)20(24)23(21)13-17-9-6-12-25-17/h2-12H,13-14H2,1H3. The molecule has 0 aliphatic rings. The number of hydrogen-bond acceptors (Lipinski definition) is 4. The van der Waals surface area contributed by atoms with Gasteiger partial charge in [-0.2, -0.15) is 0 Å². The average molecular weight is 362 g/mol. The third-order valence-corrected chi connectivity index (χ3v) is 5.36. The summed E-state index contributed by atoms with van der Waals surface area (Å²) in [5.41, 5.74) is 3.16. The lowest BCUT2D eigenvalue weighted by Crippen LogP contribution is -2.23. The van der Waals surface area contributed by atoms with Crippen LogP contribution in [0, 0.1) is 6.92 Å². The van der Waals surface area contributed by atoms with Crippen LogP contribution in [-0.2, 0) is 12.3 Å². The van der Waals surface area contributed by atoms with E-state index in [1.807, 2.05) is 48.5 Å². The molecule has 130 valence electrons. The van der Waals surface area contributed by atoms with Crippen LogP contribution in [-0.4, -0.2) is 9.55 Å². The van der Waals surface area contributed by atoms with Gasteiger partial charge in [0.05, 0.1) is 23.7 Å². The molecule has 0 bridgehead atoms. The second kappa shape index (κ2) is 7.22. The van der Waals surface area contributed by atoms with Gasteiger partial charge in [0.15, 0.2) is 5.16 Å². The van der Waals surface area contributed by atoms with Gasteiger partial charge in [-0.25, -0.2) is 4.98 Å². The Bertz CT molecular complexity index is 1100. The van der Waals surface area contributed by atoms with Crippen LogP contribution in [0.3, 0.4) is 0 Å². The lowest BCUT2D eigenvalue weighted by atomic mass is 10.1. The fourth-order valence-electron chi connectivity index (χ4n) is 2.87. The van der Waals surface area contributed by atoms with Gasteiger partial charge in [0.25, 0.3) is 5.56 Å². The predicted octanol–water partition coefficient (Wildman–Crippen LogP) is 4.64. The molecule has 0 N–H and O–H groups in total. The van der Waals surface area contributed by atoms with Gasteiger partial charge in [-0.05, 0) is 42.3 Å².